The summed E-state index contributed by atoms with van der Waals surface area (Å²) < 4.78 is 72.0. The van der Waals surface area contributed by atoms with Crippen LogP contribution in [0.4, 0.5) is 0 Å². The number of hydrogen-bond donors (Lipinski definition) is 19. The van der Waals surface area contributed by atoms with Gasteiger partial charge in [-0.2, -0.15) is 0 Å². The molecule has 562 valence electrons. The average molecular weight is 1410 g/mol. The van der Waals surface area contributed by atoms with E-state index < -0.39 is 274 Å². The van der Waals surface area contributed by atoms with Gasteiger partial charge >= 0.3 is 5.97 Å². The minimum absolute atomic E-state index is 0.0265. The van der Waals surface area contributed by atoms with Gasteiger partial charge in [0.2, 0.25) is 12.2 Å². The van der Waals surface area contributed by atoms with Gasteiger partial charge in [-0.25, -0.2) is 0 Å². The van der Waals surface area contributed by atoms with Crippen molar-refractivity contribution < 1.29 is 158 Å². The number of carbonyl (C=O) groups excluding carboxylic acids is 2. The van der Waals surface area contributed by atoms with Crippen molar-refractivity contribution >= 4 is 11.9 Å². The largest absolute Gasteiger partial charge is 0.432 e. The number of aliphatic hydroxyl groups is 18. The Hall–Kier alpha value is -2.48. The van der Waals surface area contributed by atoms with Crippen molar-refractivity contribution in [2.45, 2.75) is 291 Å². The molecular weight excluding hydrogens is 1310 g/mol. The van der Waals surface area contributed by atoms with E-state index in [0.29, 0.717) is 44.9 Å². The lowest BCUT2D eigenvalue weighted by Gasteiger charge is -2.72. The summed E-state index contributed by atoms with van der Waals surface area (Å²) >= 11 is 0. The number of esters is 1. The summed E-state index contributed by atoms with van der Waals surface area (Å²) in [6.45, 7) is 11.9. The molecule has 5 aliphatic carbocycles. The van der Waals surface area contributed by atoms with E-state index in [9.17, 15) is 96.7 Å². The molecule has 0 unspecified atom stereocenters. The molecule has 0 aromatic heterocycles. The predicted molar refractivity (Wildman–Crippen MR) is 324 cm³/mol. The Balaban J connectivity index is 0.855. The van der Waals surface area contributed by atoms with Crippen LogP contribution in [-0.4, -0.2) is 328 Å². The Bertz CT molecular complexity index is 2810. The molecule has 1 amide bonds. The lowest BCUT2D eigenvalue weighted by molar-refractivity contribution is -0.364. The van der Waals surface area contributed by atoms with Gasteiger partial charge in [0.15, 0.2) is 37.6 Å². The van der Waals surface area contributed by atoms with Gasteiger partial charge < -0.3 is 154 Å². The van der Waals surface area contributed by atoms with Gasteiger partial charge in [-0.15, -0.1) is 0 Å². The summed E-state index contributed by atoms with van der Waals surface area (Å²) in [5.41, 5.74) is -4.73. The van der Waals surface area contributed by atoms with Crippen LogP contribution < -0.4 is 5.32 Å². The predicted octanol–water partition coefficient (Wildman–Crippen LogP) is -6.38. The molecule has 10 fully saturated rings. The zero-order valence-electron chi connectivity index (χ0n) is 56.3. The maximum Gasteiger partial charge on any atom is 0.317 e. The third-order valence-electron chi connectivity index (χ3n) is 25.0. The zero-order valence-corrected chi connectivity index (χ0v) is 56.3. The summed E-state index contributed by atoms with van der Waals surface area (Å²) in [5, 5.41) is 202. The number of aliphatic hydroxyl groups excluding tert-OH is 18. The highest BCUT2D eigenvalue weighted by Crippen LogP contribution is 2.76. The zero-order chi connectivity index (χ0) is 71.6. The fourth-order valence-electron chi connectivity index (χ4n) is 19.1. The fourth-order valence-corrected chi connectivity index (χ4v) is 19.1. The Morgan fingerprint density at radius 1 is 0.520 bits per heavy atom. The Morgan fingerprint density at radius 3 is 1.68 bits per heavy atom. The number of nitrogens with one attached hydrogen (secondary N) is 1. The van der Waals surface area contributed by atoms with E-state index in [4.69, 9.17) is 56.8 Å². The summed E-state index contributed by atoms with van der Waals surface area (Å²) in [7, 11) is 0. The Labute approximate surface area is 566 Å². The first kappa shape index (κ1) is 76.6. The SMILES string of the molecule is CC(=O)N[C@H]1[C@H](O[C@H]2CC[C@]3(C)[C@H]4CC=C5[C@@H]6CC(C)(C)CC[C@]6(C(=O)O[C@@H]6O[C@H](CO)[C@@H](O)[C@H](O)[C@H]6O[C@@H]6OC[C@@H](O)[C@H](O)[C@H]6O)[C@H](O)[C@H](O)[C@@]5(C)[C@]4(C)CC[C@H]3C2(C)C)O[C@H](CO[C@@H]2OC[C@H](O)[C@H](O[C@@H]3OC[C@@H](O)[C@H](O)[C@H]3O)[C@H]2O)[C@@H](O[C@@H]2O[C@H](CO)[C@@H](O)[C@H](O)[C@H]2O)[C@@H]1O. The highest BCUT2D eigenvalue weighted by atomic mass is 16.8. The lowest BCUT2D eigenvalue weighted by atomic mass is 9.32. The van der Waals surface area contributed by atoms with Crippen LogP contribution in [0.1, 0.15) is 107 Å². The Morgan fingerprint density at radius 2 is 1.07 bits per heavy atom. The Kier molecular flexibility index (Phi) is 22.5. The van der Waals surface area contributed by atoms with Crippen LogP contribution in [0.2, 0.25) is 0 Å². The molecule has 6 heterocycles. The number of ether oxygens (including phenoxy) is 12. The molecule has 11 aliphatic rings. The monoisotopic (exact) mass is 1410 g/mol. The van der Waals surface area contributed by atoms with E-state index in [1.807, 2.05) is 6.92 Å². The van der Waals surface area contributed by atoms with Crippen molar-refractivity contribution in [2.24, 2.45) is 50.2 Å². The molecule has 33 nitrogen and oxygen atoms in total. The van der Waals surface area contributed by atoms with E-state index in [-0.39, 0.29) is 18.3 Å². The van der Waals surface area contributed by atoms with E-state index in [0.717, 1.165) is 5.57 Å². The summed E-state index contributed by atoms with van der Waals surface area (Å²) in [5.74, 6) is -2.74. The summed E-state index contributed by atoms with van der Waals surface area (Å²) in [6, 6.07) is -1.45. The van der Waals surface area contributed by atoms with Gasteiger partial charge in [-0.05, 0) is 90.8 Å². The number of carbonyl (C=O) groups is 2. The normalized spacial score (nSPS) is 53.2. The first-order valence-corrected chi connectivity index (χ1v) is 34.3. The van der Waals surface area contributed by atoms with Gasteiger partial charge in [0, 0.05) is 12.3 Å². The number of rotatable bonds is 16. The molecule has 0 bridgehead atoms. The van der Waals surface area contributed by atoms with Crippen LogP contribution in [0.5, 0.6) is 0 Å². The molecule has 98 heavy (non-hydrogen) atoms. The quantitative estimate of drug-likeness (QED) is 0.0388. The van der Waals surface area contributed by atoms with Gasteiger partial charge in [-0.1, -0.05) is 60.1 Å². The van der Waals surface area contributed by atoms with Crippen LogP contribution in [0.25, 0.3) is 0 Å². The molecule has 0 radical (unpaired) electrons. The third kappa shape index (κ3) is 13.1. The molecule has 33 heteroatoms. The van der Waals surface area contributed by atoms with Crippen LogP contribution in [0.3, 0.4) is 0 Å². The maximum atomic E-state index is 15.5. The van der Waals surface area contributed by atoms with Crippen molar-refractivity contribution in [1.29, 1.82) is 0 Å². The minimum Gasteiger partial charge on any atom is -0.432 e. The molecular formula is C65H105NO32. The first-order chi connectivity index (χ1) is 45.9. The molecule has 4 saturated carbocycles. The third-order valence-corrected chi connectivity index (χ3v) is 25.0. The standard InChI is InChI=1S/C65H105NO32/c1-24(69)66-36-41(77)49(96-57-46(82)42(78)39(75)30(18-67)91-57)32(23-90-54-47(83)48(29(72)22-87-54)95-55-44(80)37(73)27(70)20-88-55)93-53(36)94-35-12-13-62(6)33(61(35,4)5)11-14-63(7)34(62)10-9-25-26-17-60(2,3)15-16-65(26,52(85)51(84)64(25,63)8)59(86)98-58-50(43(79)40(76)31(19-68)92-58)97-56-45(81)38(74)28(71)21-89-56/h9,26-58,67-68,70-85H,10-23H2,1-8H3,(H,66,69)/t26-,27+,28+,29-,30+,31+,32+,33-,34+,35-,36+,37-,38-,39+,40+,41+,42-,43-,44+,45+,46+,47+,48-,49+,50+,51-,52+,53-,54-,55-,56-,57-,58-,62-,63+,64-,65+/m0/s1. The average Bonchev–Trinajstić information content (AvgIpc) is 0.670. The lowest BCUT2D eigenvalue weighted by Crippen LogP contribution is -2.73. The number of fused-ring (bicyclic) bond motifs is 7. The van der Waals surface area contributed by atoms with Crippen molar-refractivity contribution in [1.82, 2.24) is 5.32 Å². The second kappa shape index (κ2) is 28.8. The van der Waals surface area contributed by atoms with Crippen LogP contribution >= 0.6 is 0 Å². The second-order valence-electron chi connectivity index (χ2n) is 31.5. The van der Waals surface area contributed by atoms with Crippen molar-refractivity contribution in [2.75, 3.05) is 39.6 Å². The molecule has 11 rings (SSSR count). The highest BCUT2D eigenvalue weighted by Gasteiger charge is 2.75. The fraction of sp³-hybridized carbons (Fsp3) is 0.938. The van der Waals surface area contributed by atoms with E-state index in [1.54, 1.807) is 0 Å². The van der Waals surface area contributed by atoms with Gasteiger partial charge in [0.25, 0.3) is 0 Å². The van der Waals surface area contributed by atoms with Crippen LogP contribution in [-0.2, 0) is 66.4 Å². The summed E-state index contributed by atoms with van der Waals surface area (Å²) in [6.07, 6.45) is -43.5. The van der Waals surface area contributed by atoms with Crippen molar-refractivity contribution in [3.05, 3.63) is 11.6 Å². The van der Waals surface area contributed by atoms with Gasteiger partial charge in [0.1, 0.15) is 127 Å². The number of allylic oxidation sites excluding steroid dienone is 1. The van der Waals surface area contributed by atoms with Crippen molar-refractivity contribution in [3.8, 4) is 0 Å². The topological polar surface area (TPSA) is 521 Å². The molecule has 19 N–H and O–H groups in total. The second-order valence-corrected chi connectivity index (χ2v) is 31.5. The van der Waals surface area contributed by atoms with Crippen molar-refractivity contribution in [3.63, 3.8) is 0 Å². The minimum atomic E-state index is -1.98. The maximum absolute atomic E-state index is 15.5. The number of hydrogen-bond acceptors (Lipinski definition) is 32. The molecule has 6 saturated heterocycles. The molecule has 37 atom stereocenters. The first-order valence-electron chi connectivity index (χ1n) is 34.3. The van der Waals surface area contributed by atoms with Gasteiger partial charge in [0.05, 0.1) is 58.0 Å². The highest BCUT2D eigenvalue weighted by molar-refractivity contribution is 5.80. The summed E-state index contributed by atoms with van der Waals surface area (Å²) in [4.78, 5) is 28.7. The van der Waals surface area contributed by atoms with E-state index in [2.05, 4.69) is 52.9 Å². The molecule has 0 spiro atoms. The smallest absolute Gasteiger partial charge is 0.317 e. The number of amides is 1. The van der Waals surface area contributed by atoms with E-state index in [1.165, 1.54) is 6.92 Å². The van der Waals surface area contributed by atoms with Crippen LogP contribution in [0.15, 0.2) is 11.6 Å². The molecule has 6 aliphatic heterocycles. The van der Waals surface area contributed by atoms with Gasteiger partial charge in [-0.3, -0.25) is 9.59 Å². The van der Waals surface area contributed by atoms with E-state index >= 15 is 4.79 Å². The molecule has 0 aromatic carbocycles. The van der Waals surface area contributed by atoms with Crippen LogP contribution in [0, 0.1) is 50.2 Å². The molecule has 0 aromatic rings.